The van der Waals surface area contributed by atoms with Crippen LogP contribution in [0.2, 0.25) is 0 Å². The molecule has 1 saturated carbocycles. The van der Waals surface area contributed by atoms with E-state index in [0.717, 1.165) is 18.5 Å². The number of carbonyl (C=O) groups excluding carboxylic acids is 1. The van der Waals surface area contributed by atoms with Crippen LogP contribution in [0.25, 0.3) is 0 Å². The van der Waals surface area contributed by atoms with Crippen molar-refractivity contribution in [3.05, 3.63) is 29.6 Å². The lowest BCUT2D eigenvalue weighted by Crippen LogP contribution is -2.39. The predicted octanol–water partition coefficient (Wildman–Crippen LogP) is 2.19. The third-order valence-corrected chi connectivity index (χ3v) is 4.05. The first-order valence-electron chi connectivity index (χ1n) is 7.04. The third kappa shape index (κ3) is 3.32. The first kappa shape index (κ1) is 14.0. The van der Waals surface area contributed by atoms with E-state index in [0.29, 0.717) is 24.1 Å². The van der Waals surface area contributed by atoms with E-state index in [4.69, 9.17) is 5.73 Å². The quantitative estimate of drug-likeness (QED) is 0.907. The molecule has 1 amide bonds. The molecule has 2 unspecified atom stereocenters. The highest BCUT2D eigenvalue weighted by Gasteiger charge is 2.26. The van der Waals surface area contributed by atoms with Crippen LogP contribution in [0.3, 0.4) is 0 Å². The Morgan fingerprint density at radius 3 is 3.00 bits per heavy atom. The van der Waals surface area contributed by atoms with Crippen LogP contribution in [0.1, 0.15) is 48.7 Å². The summed E-state index contributed by atoms with van der Waals surface area (Å²) in [6, 6.07) is 3.93. The molecule has 1 fully saturated rings. The Labute approximate surface area is 115 Å². The van der Waals surface area contributed by atoms with Gasteiger partial charge in [-0.1, -0.05) is 19.8 Å². The van der Waals surface area contributed by atoms with Gasteiger partial charge in [0.1, 0.15) is 0 Å². The predicted molar refractivity (Wildman–Crippen MR) is 75.6 cm³/mol. The Morgan fingerprint density at radius 2 is 2.32 bits per heavy atom. The molecule has 1 aromatic rings. The second-order valence-electron chi connectivity index (χ2n) is 5.58. The molecular weight excluding hydrogens is 238 g/mol. The van der Waals surface area contributed by atoms with Crippen molar-refractivity contribution in [2.45, 2.75) is 45.2 Å². The molecular formula is C15H23N3O. The average molecular weight is 261 g/mol. The maximum absolute atomic E-state index is 12.5. The average Bonchev–Trinajstić information content (AvgIpc) is 2.45. The van der Waals surface area contributed by atoms with Crippen molar-refractivity contribution in [3.63, 3.8) is 0 Å². The summed E-state index contributed by atoms with van der Waals surface area (Å²) < 4.78 is 0. The van der Waals surface area contributed by atoms with Gasteiger partial charge in [-0.05, 0) is 30.9 Å². The fourth-order valence-electron chi connectivity index (χ4n) is 2.85. The van der Waals surface area contributed by atoms with E-state index < -0.39 is 0 Å². The normalized spacial score (nSPS) is 23.1. The summed E-state index contributed by atoms with van der Waals surface area (Å²) in [5, 5.41) is 0. The van der Waals surface area contributed by atoms with Gasteiger partial charge in [-0.25, -0.2) is 0 Å². The summed E-state index contributed by atoms with van der Waals surface area (Å²) in [6.07, 6.45) is 6.38. The third-order valence-electron chi connectivity index (χ3n) is 4.05. The van der Waals surface area contributed by atoms with Gasteiger partial charge in [0, 0.05) is 31.4 Å². The van der Waals surface area contributed by atoms with Gasteiger partial charge in [0.2, 0.25) is 0 Å². The highest BCUT2D eigenvalue weighted by Crippen LogP contribution is 2.27. The highest BCUT2D eigenvalue weighted by molar-refractivity contribution is 5.94. The minimum absolute atomic E-state index is 0.0798. The number of carbonyl (C=O) groups is 1. The first-order chi connectivity index (χ1) is 9.11. The van der Waals surface area contributed by atoms with Gasteiger partial charge in [0.25, 0.3) is 5.91 Å². The molecule has 0 radical (unpaired) electrons. The molecule has 1 aliphatic rings. The van der Waals surface area contributed by atoms with Crippen molar-refractivity contribution < 1.29 is 4.79 Å². The minimum Gasteiger partial charge on any atom is -0.339 e. The summed E-state index contributed by atoms with van der Waals surface area (Å²) >= 11 is 0. The molecule has 1 aliphatic carbocycles. The smallest absolute Gasteiger partial charge is 0.253 e. The molecule has 2 atom stereocenters. The maximum Gasteiger partial charge on any atom is 0.253 e. The standard InChI is InChI=1S/C15H23N3O/c1-11-4-3-5-14(8-11)18(2)15(19)12-6-7-17-13(9-12)10-16/h6-7,9,11,14H,3-5,8,10,16H2,1-2H3. The molecule has 0 spiro atoms. The molecule has 0 saturated heterocycles. The van der Waals surface area contributed by atoms with E-state index in [-0.39, 0.29) is 5.91 Å². The van der Waals surface area contributed by atoms with E-state index in [1.54, 1.807) is 18.3 Å². The maximum atomic E-state index is 12.5. The monoisotopic (exact) mass is 261 g/mol. The zero-order valence-electron chi connectivity index (χ0n) is 11.8. The van der Waals surface area contributed by atoms with E-state index in [1.165, 1.54) is 12.8 Å². The molecule has 4 nitrogen and oxygen atoms in total. The number of pyridine rings is 1. The Hall–Kier alpha value is -1.42. The Kier molecular flexibility index (Phi) is 4.53. The highest BCUT2D eigenvalue weighted by atomic mass is 16.2. The fourth-order valence-corrected chi connectivity index (χ4v) is 2.85. The van der Waals surface area contributed by atoms with E-state index in [2.05, 4.69) is 11.9 Å². The molecule has 1 heterocycles. The second kappa shape index (κ2) is 6.15. The van der Waals surface area contributed by atoms with E-state index >= 15 is 0 Å². The molecule has 1 aromatic heterocycles. The number of hydrogen-bond donors (Lipinski definition) is 1. The SMILES string of the molecule is CC1CCCC(N(C)C(=O)c2ccnc(CN)c2)C1. The zero-order valence-corrected chi connectivity index (χ0v) is 11.8. The van der Waals surface area contributed by atoms with Gasteiger partial charge in [-0.3, -0.25) is 9.78 Å². The van der Waals surface area contributed by atoms with Crippen LogP contribution < -0.4 is 5.73 Å². The summed E-state index contributed by atoms with van der Waals surface area (Å²) in [4.78, 5) is 18.5. The lowest BCUT2D eigenvalue weighted by Gasteiger charge is -2.34. The van der Waals surface area contributed by atoms with Gasteiger partial charge < -0.3 is 10.6 Å². The van der Waals surface area contributed by atoms with E-state index in [9.17, 15) is 4.79 Å². The topological polar surface area (TPSA) is 59.2 Å². The lowest BCUT2D eigenvalue weighted by molar-refractivity contribution is 0.0672. The van der Waals surface area contributed by atoms with Crippen molar-refractivity contribution in [1.82, 2.24) is 9.88 Å². The van der Waals surface area contributed by atoms with Gasteiger partial charge in [0.05, 0.1) is 5.69 Å². The molecule has 2 N–H and O–H groups in total. The van der Waals surface area contributed by atoms with E-state index in [1.807, 2.05) is 11.9 Å². The van der Waals surface area contributed by atoms with Crippen LogP contribution in [-0.2, 0) is 6.54 Å². The zero-order chi connectivity index (χ0) is 13.8. The minimum atomic E-state index is 0.0798. The van der Waals surface area contributed by atoms with Crippen molar-refractivity contribution in [1.29, 1.82) is 0 Å². The van der Waals surface area contributed by atoms with Gasteiger partial charge in [0.15, 0.2) is 0 Å². The molecule has 0 aliphatic heterocycles. The van der Waals surface area contributed by atoms with Gasteiger partial charge in [-0.2, -0.15) is 0 Å². The molecule has 4 heteroatoms. The Bertz CT molecular complexity index is 447. The van der Waals surface area contributed by atoms with Crippen LogP contribution >= 0.6 is 0 Å². The van der Waals surface area contributed by atoms with Gasteiger partial charge >= 0.3 is 0 Å². The number of hydrogen-bond acceptors (Lipinski definition) is 3. The Balaban J connectivity index is 2.09. The largest absolute Gasteiger partial charge is 0.339 e. The van der Waals surface area contributed by atoms with Crippen LogP contribution in [0, 0.1) is 5.92 Å². The number of rotatable bonds is 3. The van der Waals surface area contributed by atoms with Crippen LogP contribution in [0.5, 0.6) is 0 Å². The van der Waals surface area contributed by atoms with Crippen molar-refractivity contribution in [3.8, 4) is 0 Å². The summed E-state index contributed by atoms with van der Waals surface area (Å²) in [5.74, 6) is 0.794. The molecule has 104 valence electrons. The molecule has 0 aromatic carbocycles. The number of aromatic nitrogens is 1. The van der Waals surface area contributed by atoms with Crippen LogP contribution in [0.4, 0.5) is 0 Å². The summed E-state index contributed by atoms with van der Waals surface area (Å²) in [7, 11) is 1.91. The van der Waals surface area contributed by atoms with Gasteiger partial charge in [-0.15, -0.1) is 0 Å². The van der Waals surface area contributed by atoms with Crippen molar-refractivity contribution in [2.24, 2.45) is 11.7 Å². The molecule has 2 rings (SSSR count). The Morgan fingerprint density at radius 1 is 1.53 bits per heavy atom. The lowest BCUT2D eigenvalue weighted by atomic mass is 9.86. The number of nitrogens with zero attached hydrogens (tertiary/aromatic N) is 2. The summed E-state index contributed by atoms with van der Waals surface area (Å²) in [5.41, 5.74) is 7.02. The second-order valence-corrected chi connectivity index (χ2v) is 5.58. The van der Waals surface area contributed by atoms with Crippen molar-refractivity contribution >= 4 is 5.91 Å². The summed E-state index contributed by atoms with van der Waals surface area (Å²) in [6.45, 7) is 2.63. The number of amides is 1. The van der Waals surface area contributed by atoms with Crippen molar-refractivity contribution in [2.75, 3.05) is 7.05 Å². The molecule has 19 heavy (non-hydrogen) atoms. The van der Waals surface area contributed by atoms with Crippen LogP contribution in [-0.4, -0.2) is 28.9 Å². The number of nitrogens with two attached hydrogens (primary N) is 1. The first-order valence-corrected chi connectivity index (χ1v) is 7.04. The fraction of sp³-hybridized carbons (Fsp3) is 0.600. The molecule has 0 bridgehead atoms. The van der Waals surface area contributed by atoms with Crippen LogP contribution in [0.15, 0.2) is 18.3 Å².